The quantitative estimate of drug-likeness (QED) is 0.874. The van der Waals surface area contributed by atoms with Crippen molar-refractivity contribution in [1.82, 2.24) is 14.7 Å². The molecule has 4 nitrogen and oxygen atoms in total. The molecular weight excluding hydrogens is 282 g/mol. The Bertz CT molecular complexity index is 609. The van der Waals surface area contributed by atoms with E-state index in [1.165, 1.54) is 11.1 Å². The average Bonchev–Trinajstić information content (AvgIpc) is 3.17. The van der Waals surface area contributed by atoms with Gasteiger partial charge in [0.05, 0.1) is 0 Å². The zero-order valence-electron chi connectivity index (χ0n) is 12.3. The van der Waals surface area contributed by atoms with Crippen LogP contribution in [-0.2, 0) is 4.79 Å². The normalized spacial score (nSPS) is 19.7. The topological polar surface area (TPSA) is 38.1 Å². The molecular formula is C16H19N3OS. The van der Waals surface area contributed by atoms with Gasteiger partial charge in [-0.1, -0.05) is 29.8 Å². The predicted octanol–water partition coefficient (Wildman–Crippen LogP) is 3.03. The highest BCUT2D eigenvalue weighted by Crippen LogP contribution is 2.39. The number of hydrogen-bond donors (Lipinski definition) is 0. The van der Waals surface area contributed by atoms with Crippen molar-refractivity contribution in [1.29, 1.82) is 0 Å². The number of amides is 1. The van der Waals surface area contributed by atoms with Gasteiger partial charge < -0.3 is 4.90 Å². The second-order valence-corrected chi connectivity index (χ2v) is 6.52. The number of aromatic nitrogens is 2. The van der Waals surface area contributed by atoms with Crippen molar-refractivity contribution in [2.45, 2.75) is 25.3 Å². The van der Waals surface area contributed by atoms with Crippen LogP contribution in [0.2, 0.25) is 0 Å². The summed E-state index contributed by atoms with van der Waals surface area (Å²) in [5.41, 5.74) is 2.44. The smallest absolute Gasteiger partial charge is 0.248 e. The molecule has 2 heterocycles. The largest absolute Gasteiger partial charge is 0.324 e. The molecule has 1 aromatic carbocycles. The maximum atomic E-state index is 12.7. The standard InChI is InChI=1S/C16H19N3OS/c1-12-4-6-14(7-5-12)16-18(10-11-21-16)15(20)13(2)19-9-3-8-17-19/h3-9,13,16H,10-11H2,1-2H3. The Kier molecular flexibility index (Phi) is 4.01. The van der Waals surface area contributed by atoms with Crippen molar-refractivity contribution in [3.05, 3.63) is 53.9 Å². The maximum absolute atomic E-state index is 12.7. The molecule has 2 atom stereocenters. The van der Waals surface area contributed by atoms with Gasteiger partial charge in [0.2, 0.25) is 5.91 Å². The number of nitrogens with zero attached hydrogens (tertiary/aromatic N) is 3. The van der Waals surface area contributed by atoms with Gasteiger partial charge in [-0.25, -0.2) is 0 Å². The molecule has 0 aliphatic carbocycles. The van der Waals surface area contributed by atoms with Gasteiger partial charge in [0.15, 0.2) is 0 Å². The van der Waals surface area contributed by atoms with Gasteiger partial charge in [-0.15, -0.1) is 11.8 Å². The van der Waals surface area contributed by atoms with Crippen LogP contribution in [0.4, 0.5) is 0 Å². The third-order valence-electron chi connectivity index (χ3n) is 3.82. The van der Waals surface area contributed by atoms with E-state index in [2.05, 4.69) is 36.3 Å². The van der Waals surface area contributed by atoms with Crippen molar-refractivity contribution in [2.75, 3.05) is 12.3 Å². The maximum Gasteiger partial charge on any atom is 0.248 e. The van der Waals surface area contributed by atoms with Gasteiger partial charge in [-0.3, -0.25) is 9.48 Å². The Hall–Kier alpha value is -1.75. The Morgan fingerprint density at radius 2 is 2.14 bits per heavy atom. The molecule has 1 fully saturated rings. The van der Waals surface area contributed by atoms with Crippen molar-refractivity contribution in [2.24, 2.45) is 0 Å². The molecule has 1 saturated heterocycles. The highest BCUT2D eigenvalue weighted by Gasteiger charge is 2.33. The van der Waals surface area contributed by atoms with Crippen LogP contribution >= 0.6 is 11.8 Å². The molecule has 0 saturated carbocycles. The third kappa shape index (κ3) is 2.83. The van der Waals surface area contributed by atoms with E-state index >= 15 is 0 Å². The minimum absolute atomic E-state index is 0.121. The summed E-state index contributed by atoms with van der Waals surface area (Å²) in [6, 6.07) is 10.0. The van der Waals surface area contributed by atoms with E-state index in [9.17, 15) is 4.79 Å². The first kappa shape index (κ1) is 14.2. The summed E-state index contributed by atoms with van der Waals surface area (Å²) in [7, 11) is 0. The molecule has 21 heavy (non-hydrogen) atoms. The fourth-order valence-corrected chi connectivity index (χ4v) is 3.83. The van der Waals surface area contributed by atoms with Crippen LogP contribution in [-0.4, -0.2) is 32.9 Å². The molecule has 1 amide bonds. The van der Waals surface area contributed by atoms with Crippen LogP contribution in [0.1, 0.15) is 29.5 Å². The van der Waals surface area contributed by atoms with E-state index in [0.29, 0.717) is 0 Å². The lowest BCUT2D eigenvalue weighted by atomic mass is 10.1. The molecule has 1 aromatic heterocycles. The van der Waals surface area contributed by atoms with Gasteiger partial charge in [-0.05, 0) is 25.5 Å². The lowest BCUT2D eigenvalue weighted by Gasteiger charge is -2.27. The molecule has 1 aliphatic rings. The van der Waals surface area contributed by atoms with Gasteiger partial charge >= 0.3 is 0 Å². The molecule has 2 unspecified atom stereocenters. The van der Waals surface area contributed by atoms with Crippen LogP contribution in [0.3, 0.4) is 0 Å². The van der Waals surface area contributed by atoms with Gasteiger partial charge in [-0.2, -0.15) is 5.10 Å². The summed E-state index contributed by atoms with van der Waals surface area (Å²) in [6.45, 7) is 4.78. The molecule has 0 bridgehead atoms. The van der Waals surface area contributed by atoms with E-state index in [1.54, 1.807) is 10.9 Å². The SMILES string of the molecule is Cc1ccc(C2SCCN2C(=O)C(C)n2cccn2)cc1. The second kappa shape index (κ2) is 5.93. The van der Waals surface area contributed by atoms with Gasteiger partial charge in [0.25, 0.3) is 0 Å². The first-order valence-electron chi connectivity index (χ1n) is 7.14. The third-order valence-corrected chi connectivity index (χ3v) is 5.08. The van der Waals surface area contributed by atoms with Crippen molar-refractivity contribution < 1.29 is 4.79 Å². The van der Waals surface area contributed by atoms with Crippen LogP contribution in [0.15, 0.2) is 42.7 Å². The first-order valence-corrected chi connectivity index (χ1v) is 8.19. The Morgan fingerprint density at radius 3 is 2.81 bits per heavy atom. The summed E-state index contributed by atoms with van der Waals surface area (Å²) < 4.78 is 1.72. The Labute approximate surface area is 129 Å². The monoisotopic (exact) mass is 301 g/mol. The summed E-state index contributed by atoms with van der Waals surface area (Å²) in [4.78, 5) is 14.7. The summed E-state index contributed by atoms with van der Waals surface area (Å²) >= 11 is 1.83. The van der Waals surface area contributed by atoms with Gasteiger partial charge in [0.1, 0.15) is 11.4 Å². The van der Waals surface area contributed by atoms with Crippen molar-refractivity contribution in [3.8, 4) is 0 Å². The number of hydrogen-bond acceptors (Lipinski definition) is 3. The van der Waals surface area contributed by atoms with Crippen molar-refractivity contribution >= 4 is 17.7 Å². The van der Waals surface area contributed by atoms with Crippen LogP contribution in [0, 0.1) is 6.92 Å². The number of carbonyl (C=O) groups excluding carboxylic acids is 1. The molecule has 0 spiro atoms. The highest BCUT2D eigenvalue weighted by molar-refractivity contribution is 7.99. The van der Waals surface area contributed by atoms with Crippen LogP contribution in [0.25, 0.3) is 0 Å². The minimum Gasteiger partial charge on any atom is -0.324 e. The second-order valence-electron chi connectivity index (χ2n) is 5.33. The van der Waals surface area contributed by atoms with Crippen LogP contribution < -0.4 is 0 Å². The van der Waals surface area contributed by atoms with Crippen LogP contribution in [0.5, 0.6) is 0 Å². The summed E-state index contributed by atoms with van der Waals surface area (Å²) in [5, 5.41) is 4.30. The molecule has 1 aliphatic heterocycles. The molecule has 0 radical (unpaired) electrons. The molecule has 110 valence electrons. The average molecular weight is 301 g/mol. The summed E-state index contributed by atoms with van der Waals surface area (Å²) in [5.74, 6) is 1.12. The van der Waals surface area contributed by atoms with Gasteiger partial charge in [0, 0.05) is 24.7 Å². The zero-order valence-corrected chi connectivity index (χ0v) is 13.1. The van der Waals surface area contributed by atoms with Crippen molar-refractivity contribution in [3.63, 3.8) is 0 Å². The zero-order chi connectivity index (χ0) is 14.8. The van der Waals surface area contributed by atoms with E-state index in [-0.39, 0.29) is 17.3 Å². The highest BCUT2D eigenvalue weighted by atomic mass is 32.2. The van der Waals surface area contributed by atoms with E-state index < -0.39 is 0 Å². The number of aryl methyl sites for hydroxylation is 1. The first-order chi connectivity index (χ1) is 10.2. The molecule has 5 heteroatoms. The lowest BCUT2D eigenvalue weighted by molar-refractivity contribution is -0.134. The number of rotatable bonds is 3. The fraction of sp³-hybridized carbons (Fsp3) is 0.375. The molecule has 0 N–H and O–H groups in total. The number of thioether (sulfide) groups is 1. The molecule has 3 rings (SSSR count). The Balaban J connectivity index is 1.80. The van der Waals surface area contributed by atoms with E-state index in [4.69, 9.17) is 0 Å². The number of carbonyl (C=O) groups is 1. The lowest BCUT2D eigenvalue weighted by Crippen LogP contribution is -2.36. The van der Waals surface area contributed by atoms with E-state index in [1.807, 2.05) is 35.8 Å². The molecule has 2 aromatic rings. The number of benzene rings is 1. The summed E-state index contributed by atoms with van der Waals surface area (Å²) in [6.07, 6.45) is 3.55. The van der Waals surface area contributed by atoms with E-state index in [0.717, 1.165) is 12.3 Å². The Morgan fingerprint density at radius 1 is 1.38 bits per heavy atom. The minimum atomic E-state index is -0.258. The fourth-order valence-electron chi connectivity index (χ4n) is 2.57. The predicted molar refractivity (Wildman–Crippen MR) is 85.0 cm³/mol.